The van der Waals surface area contributed by atoms with E-state index in [1.807, 2.05) is 0 Å². The first-order valence-corrected chi connectivity index (χ1v) is 6.52. The molecule has 1 aliphatic heterocycles. The number of ketones is 1. The SMILES string of the molecule is CCCCOC(=O)CN1CCCC1CC(C)=O. The van der Waals surface area contributed by atoms with Gasteiger partial charge in [-0.05, 0) is 32.7 Å². The van der Waals surface area contributed by atoms with Gasteiger partial charge in [0.2, 0.25) is 0 Å². The highest BCUT2D eigenvalue weighted by molar-refractivity contribution is 5.76. The molecule has 17 heavy (non-hydrogen) atoms. The topological polar surface area (TPSA) is 46.6 Å². The minimum absolute atomic E-state index is 0.158. The molecule has 0 aromatic carbocycles. The van der Waals surface area contributed by atoms with Gasteiger partial charge in [0, 0.05) is 12.5 Å². The van der Waals surface area contributed by atoms with Crippen LogP contribution in [0, 0.1) is 0 Å². The minimum Gasteiger partial charge on any atom is -0.465 e. The van der Waals surface area contributed by atoms with E-state index >= 15 is 0 Å². The zero-order chi connectivity index (χ0) is 12.7. The third kappa shape index (κ3) is 5.31. The van der Waals surface area contributed by atoms with E-state index in [1.54, 1.807) is 6.92 Å². The normalized spacial score (nSPS) is 20.5. The highest BCUT2D eigenvalue weighted by Crippen LogP contribution is 2.19. The molecule has 0 spiro atoms. The quantitative estimate of drug-likeness (QED) is 0.503. The van der Waals surface area contributed by atoms with Crippen molar-refractivity contribution in [1.29, 1.82) is 0 Å². The number of hydrogen-bond donors (Lipinski definition) is 0. The lowest BCUT2D eigenvalue weighted by atomic mass is 10.1. The number of ether oxygens (including phenoxy) is 1. The Balaban J connectivity index is 2.28. The van der Waals surface area contributed by atoms with Gasteiger partial charge in [0.25, 0.3) is 0 Å². The average molecular weight is 241 g/mol. The van der Waals surface area contributed by atoms with Crippen LogP contribution in [0.15, 0.2) is 0 Å². The summed E-state index contributed by atoms with van der Waals surface area (Å²) in [6.07, 6.45) is 4.59. The van der Waals surface area contributed by atoms with E-state index in [1.165, 1.54) is 0 Å². The predicted molar refractivity (Wildman–Crippen MR) is 65.8 cm³/mol. The second-order valence-corrected chi connectivity index (χ2v) is 4.75. The summed E-state index contributed by atoms with van der Waals surface area (Å²) in [5, 5.41) is 0. The number of unbranched alkanes of at least 4 members (excludes halogenated alkanes) is 1. The van der Waals surface area contributed by atoms with E-state index in [0.717, 1.165) is 32.2 Å². The number of esters is 1. The second kappa shape index (κ2) is 7.43. The molecule has 0 aliphatic carbocycles. The first kappa shape index (κ1) is 14.2. The smallest absolute Gasteiger partial charge is 0.320 e. The minimum atomic E-state index is -0.158. The Labute approximate surface area is 103 Å². The fourth-order valence-electron chi connectivity index (χ4n) is 2.21. The molecule has 4 nitrogen and oxygen atoms in total. The van der Waals surface area contributed by atoms with Crippen molar-refractivity contribution in [3.05, 3.63) is 0 Å². The van der Waals surface area contributed by atoms with Crippen LogP contribution in [-0.2, 0) is 14.3 Å². The summed E-state index contributed by atoms with van der Waals surface area (Å²) >= 11 is 0. The van der Waals surface area contributed by atoms with Gasteiger partial charge >= 0.3 is 5.97 Å². The van der Waals surface area contributed by atoms with Gasteiger partial charge in [-0.25, -0.2) is 0 Å². The molecular weight excluding hydrogens is 218 g/mol. The Bertz CT molecular complexity index is 265. The average Bonchev–Trinajstić information content (AvgIpc) is 2.65. The molecule has 0 N–H and O–H groups in total. The third-order valence-corrected chi connectivity index (χ3v) is 3.12. The maximum Gasteiger partial charge on any atom is 0.320 e. The molecule has 0 aromatic rings. The van der Waals surface area contributed by atoms with Gasteiger partial charge in [0.05, 0.1) is 13.2 Å². The van der Waals surface area contributed by atoms with Gasteiger partial charge in [0.15, 0.2) is 0 Å². The second-order valence-electron chi connectivity index (χ2n) is 4.75. The van der Waals surface area contributed by atoms with Crippen molar-refractivity contribution >= 4 is 11.8 Å². The maximum absolute atomic E-state index is 11.6. The van der Waals surface area contributed by atoms with Gasteiger partial charge in [-0.15, -0.1) is 0 Å². The van der Waals surface area contributed by atoms with Crippen molar-refractivity contribution in [3.8, 4) is 0 Å². The van der Waals surface area contributed by atoms with E-state index in [4.69, 9.17) is 4.74 Å². The van der Waals surface area contributed by atoms with Crippen LogP contribution >= 0.6 is 0 Å². The zero-order valence-corrected chi connectivity index (χ0v) is 10.9. The first-order chi connectivity index (χ1) is 8.13. The molecule has 1 atom stereocenters. The van der Waals surface area contributed by atoms with Gasteiger partial charge < -0.3 is 4.74 Å². The van der Waals surface area contributed by atoms with E-state index in [2.05, 4.69) is 11.8 Å². The van der Waals surface area contributed by atoms with Crippen LogP contribution in [0.4, 0.5) is 0 Å². The van der Waals surface area contributed by atoms with E-state index in [9.17, 15) is 9.59 Å². The fraction of sp³-hybridized carbons (Fsp3) is 0.846. The van der Waals surface area contributed by atoms with Crippen molar-refractivity contribution in [2.45, 2.75) is 52.0 Å². The standard InChI is InChI=1S/C13H23NO3/c1-3-4-8-17-13(16)10-14-7-5-6-12(14)9-11(2)15/h12H,3-10H2,1-2H3. The summed E-state index contributed by atoms with van der Waals surface area (Å²) in [5.41, 5.74) is 0. The van der Waals surface area contributed by atoms with Gasteiger partial charge in [-0.2, -0.15) is 0 Å². The molecule has 0 amide bonds. The van der Waals surface area contributed by atoms with Crippen LogP contribution in [0.3, 0.4) is 0 Å². The molecular formula is C13H23NO3. The summed E-state index contributed by atoms with van der Waals surface area (Å²) in [6, 6.07) is 0.242. The van der Waals surface area contributed by atoms with Gasteiger partial charge in [0.1, 0.15) is 5.78 Å². The van der Waals surface area contributed by atoms with Gasteiger partial charge in [-0.3, -0.25) is 14.5 Å². The largest absolute Gasteiger partial charge is 0.465 e. The molecule has 1 aliphatic rings. The molecule has 1 rings (SSSR count). The Morgan fingerprint density at radius 3 is 2.82 bits per heavy atom. The third-order valence-electron chi connectivity index (χ3n) is 3.12. The number of rotatable bonds is 7. The lowest BCUT2D eigenvalue weighted by Gasteiger charge is -2.22. The predicted octanol–water partition coefficient (Wildman–Crippen LogP) is 1.77. The molecule has 0 aromatic heterocycles. The maximum atomic E-state index is 11.6. The van der Waals surface area contributed by atoms with Crippen molar-refractivity contribution in [2.24, 2.45) is 0 Å². The molecule has 1 heterocycles. The van der Waals surface area contributed by atoms with Crippen molar-refractivity contribution < 1.29 is 14.3 Å². The van der Waals surface area contributed by atoms with Crippen LogP contribution in [0.25, 0.3) is 0 Å². The lowest BCUT2D eigenvalue weighted by molar-refractivity contribution is -0.145. The van der Waals surface area contributed by atoms with Crippen molar-refractivity contribution in [3.63, 3.8) is 0 Å². The zero-order valence-electron chi connectivity index (χ0n) is 10.9. The molecule has 4 heteroatoms. The van der Waals surface area contributed by atoms with Crippen LogP contribution < -0.4 is 0 Å². The van der Waals surface area contributed by atoms with E-state index < -0.39 is 0 Å². The molecule has 0 bridgehead atoms. The highest BCUT2D eigenvalue weighted by Gasteiger charge is 2.27. The first-order valence-electron chi connectivity index (χ1n) is 6.52. The molecule has 0 saturated carbocycles. The monoisotopic (exact) mass is 241 g/mol. The van der Waals surface area contributed by atoms with Gasteiger partial charge in [-0.1, -0.05) is 13.3 Å². The van der Waals surface area contributed by atoms with Crippen molar-refractivity contribution in [2.75, 3.05) is 19.7 Å². The highest BCUT2D eigenvalue weighted by atomic mass is 16.5. The Kier molecular flexibility index (Phi) is 6.19. The van der Waals surface area contributed by atoms with E-state index in [0.29, 0.717) is 19.6 Å². The molecule has 1 fully saturated rings. The number of nitrogens with zero attached hydrogens (tertiary/aromatic N) is 1. The summed E-state index contributed by atoms with van der Waals surface area (Å²) in [5.74, 6) is 0.0372. The fourth-order valence-corrected chi connectivity index (χ4v) is 2.21. The van der Waals surface area contributed by atoms with Crippen LogP contribution in [0.5, 0.6) is 0 Å². The van der Waals surface area contributed by atoms with Crippen LogP contribution in [-0.4, -0.2) is 42.4 Å². The van der Waals surface area contributed by atoms with Crippen LogP contribution in [0.1, 0.15) is 46.0 Å². The van der Waals surface area contributed by atoms with Crippen LogP contribution in [0.2, 0.25) is 0 Å². The lowest BCUT2D eigenvalue weighted by Crippen LogP contribution is -2.36. The summed E-state index contributed by atoms with van der Waals surface area (Å²) in [4.78, 5) is 24.7. The molecule has 98 valence electrons. The Morgan fingerprint density at radius 1 is 1.41 bits per heavy atom. The van der Waals surface area contributed by atoms with Crippen molar-refractivity contribution in [1.82, 2.24) is 4.90 Å². The molecule has 0 radical (unpaired) electrons. The number of hydrogen-bond acceptors (Lipinski definition) is 4. The number of Topliss-reactive ketones (excluding diaryl/α,β-unsaturated/α-hetero) is 1. The number of likely N-dealkylation sites (tertiary alicyclic amines) is 1. The summed E-state index contributed by atoms with van der Waals surface area (Å²) < 4.78 is 5.13. The number of carbonyl (C=O) groups excluding carboxylic acids is 2. The Hall–Kier alpha value is -0.900. The molecule has 1 saturated heterocycles. The summed E-state index contributed by atoms with van der Waals surface area (Å²) in [7, 11) is 0. The molecule has 1 unspecified atom stereocenters. The van der Waals surface area contributed by atoms with E-state index in [-0.39, 0.29) is 17.8 Å². The summed E-state index contributed by atoms with van der Waals surface area (Å²) in [6.45, 7) is 5.43. The Morgan fingerprint density at radius 2 is 2.18 bits per heavy atom. The number of carbonyl (C=O) groups is 2.